The predicted molar refractivity (Wildman–Crippen MR) is 73.3 cm³/mol. The third kappa shape index (κ3) is 11.2. The van der Waals surface area contributed by atoms with Gasteiger partial charge in [-0.25, -0.2) is 0 Å². The normalized spacial score (nSPS) is 16.9. The standard InChI is InChI=1S/2C8H10.Ni/c2*1-2-4-6-8-7-5-3-1;/h2*1-6H,7-8H2;. The molecule has 0 radical (unpaired) electrons. The van der Waals surface area contributed by atoms with E-state index >= 15 is 0 Å². The summed E-state index contributed by atoms with van der Waals surface area (Å²) in [6.07, 6.45) is 30.0. The van der Waals surface area contributed by atoms with E-state index in [0.717, 1.165) is 0 Å². The van der Waals surface area contributed by atoms with E-state index in [9.17, 15) is 0 Å². The van der Waals surface area contributed by atoms with E-state index in [-0.39, 0.29) is 16.5 Å². The summed E-state index contributed by atoms with van der Waals surface area (Å²) in [6, 6.07) is 0. The third-order valence-electron chi connectivity index (χ3n) is 2.21. The van der Waals surface area contributed by atoms with E-state index in [1.54, 1.807) is 0 Å². The molecule has 0 N–H and O–H groups in total. The van der Waals surface area contributed by atoms with Crippen LogP contribution in [0.4, 0.5) is 0 Å². The molecule has 0 bridgehead atoms. The minimum atomic E-state index is 0. The quantitative estimate of drug-likeness (QED) is 0.550. The van der Waals surface area contributed by atoms with Crippen LogP contribution in [0.3, 0.4) is 0 Å². The van der Waals surface area contributed by atoms with Crippen molar-refractivity contribution in [3.05, 3.63) is 72.9 Å². The van der Waals surface area contributed by atoms with Crippen molar-refractivity contribution in [2.75, 3.05) is 0 Å². The third-order valence-corrected chi connectivity index (χ3v) is 2.21. The van der Waals surface area contributed by atoms with Gasteiger partial charge in [0.2, 0.25) is 0 Å². The van der Waals surface area contributed by atoms with Gasteiger partial charge in [0, 0.05) is 16.5 Å². The molecule has 0 aromatic heterocycles. The molecule has 0 saturated heterocycles. The number of hydrogen-bond acceptors (Lipinski definition) is 0. The van der Waals surface area contributed by atoms with E-state index in [1.165, 1.54) is 25.7 Å². The van der Waals surface area contributed by atoms with E-state index < -0.39 is 0 Å². The zero-order valence-corrected chi connectivity index (χ0v) is 11.1. The molecule has 94 valence electrons. The molecule has 0 amide bonds. The monoisotopic (exact) mass is 270 g/mol. The Bertz CT molecular complexity index is 261. The maximum atomic E-state index is 2.18. The van der Waals surface area contributed by atoms with Crippen LogP contribution in [-0.4, -0.2) is 0 Å². The summed E-state index contributed by atoms with van der Waals surface area (Å²) in [4.78, 5) is 0. The first kappa shape index (κ1) is 15.9. The van der Waals surface area contributed by atoms with E-state index in [0.29, 0.717) is 0 Å². The first-order chi connectivity index (χ1) is 8.00. The smallest absolute Gasteiger partial charge is 0 e. The van der Waals surface area contributed by atoms with Crippen molar-refractivity contribution < 1.29 is 16.5 Å². The molecule has 0 saturated carbocycles. The predicted octanol–water partition coefficient (Wildman–Crippen LogP) is 4.90. The molecule has 2 aliphatic carbocycles. The maximum Gasteiger partial charge on any atom is 0 e. The molecule has 0 fully saturated rings. The molecule has 0 spiro atoms. The van der Waals surface area contributed by atoms with Crippen molar-refractivity contribution in [2.24, 2.45) is 0 Å². The van der Waals surface area contributed by atoms with Crippen molar-refractivity contribution in [1.82, 2.24) is 0 Å². The van der Waals surface area contributed by atoms with E-state index in [2.05, 4.69) is 72.9 Å². The summed E-state index contributed by atoms with van der Waals surface area (Å²) >= 11 is 0. The van der Waals surface area contributed by atoms with Crippen LogP contribution < -0.4 is 0 Å². The van der Waals surface area contributed by atoms with Gasteiger partial charge < -0.3 is 0 Å². The fourth-order valence-electron chi connectivity index (χ4n) is 1.34. The van der Waals surface area contributed by atoms with Crippen molar-refractivity contribution in [3.8, 4) is 0 Å². The second kappa shape index (κ2) is 13.0. The Morgan fingerprint density at radius 1 is 0.353 bits per heavy atom. The van der Waals surface area contributed by atoms with Gasteiger partial charge in [0.1, 0.15) is 0 Å². The molecule has 17 heavy (non-hydrogen) atoms. The Balaban J connectivity index is 0.000000284. The number of hydrogen-bond donors (Lipinski definition) is 0. The van der Waals surface area contributed by atoms with Crippen LogP contribution in [0, 0.1) is 0 Å². The molecule has 0 aromatic carbocycles. The molecule has 0 aliphatic heterocycles. The van der Waals surface area contributed by atoms with Crippen LogP contribution in [-0.2, 0) is 16.5 Å². The van der Waals surface area contributed by atoms with E-state index in [4.69, 9.17) is 0 Å². The van der Waals surface area contributed by atoms with Gasteiger partial charge in [0.05, 0.1) is 0 Å². The topological polar surface area (TPSA) is 0 Å². The maximum absolute atomic E-state index is 2.18. The van der Waals surface area contributed by atoms with Gasteiger partial charge in [-0.15, -0.1) is 0 Å². The molecule has 0 unspecified atom stereocenters. The fraction of sp³-hybridized carbons (Fsp3) is 0.250. The Labute approximate surface area is 115 Å². The Hall–Kier alpha value is -1.07. The summed E-state index contributed by atoms with van der Waals surface area (Å²) in [6.45, 7) is 0. The zero-order valence-electron chi connectivity index (χ0n) is 10.1. The molecular weight excluding hydrogens is 251 g/mol. The summed E-state index contributed by atoms with van der Waals surface area (Å²) < 4.78 is 0. The molecule has 0 heterocycles. The van der Waals surface area contributed by atoms with Crippen LogP contribution in [0.2, 0.25) is 0 Å². The minimum absolute atomic E-state index is 0. The second-order valence-electron chi connectivity index (χ2n) is 3.64. The van der Waals surface area contributed by atoms with Gasteiger partial charge in [0.15, 0.2) is 0 Å². The van der Waals surface area contributed by atoms with Crippen molar-refractivity contribution in [3.63, 3.8) is 0 Å². The Kier molecular flexibility index (Phi) is 12.2. The van der Waals surface area contributed by atoms with Gasteiger partial charge >= 0.3 is 0 Å². The number of rotatable bonds is 0. The van der Waals surface area contributed by atoms with Gasteiger partial charge in [-0.2, -0.15) is 0 Å². The minimum Gasteiger partial charge on any atom is -0.0842 e. The average molecular weight is 271 g/mol. The average Bonchev–Trinajstić information content (AvgIpc) is 2.15. The van der Waals surface area contributed by atoms with Crippen molar-refractivity contribution in [2.45, 2.75) is 25.7 Å². The van der Waals surface area contributed by atoms with Gasteiger partial charge in [-0.1, -0.05) is 72.9 Å². The summed E-state index contributed by atoms with van der Waals surface area (Å²) in [5, 5.41) is 0. The summed E-state index contributed by atoms with van der Waals surface area (Å²) in [5.74, 6) is 0. The largest absolute Gasteiger partial charge is 0.0842 e. The number of allylic oxidation sites excluding steroid dienone is 12. The van der Waals surface area contributed by atoms with E-state index in [1.807, 2.05) is 0 Å². The van der Waals surface area contributed by atoms with Gasteiger partial charge in [-0.05, 0) is 25.7 Å². The van der Waals surface area contributed by atoms with Crippen LogP contribution in [0.25, 0.3) is 0 Å². The second-order valence-corrected chi connectivity index (χ2v) is 3.64. The van der Waals surface area contributed by atoms with Crippen molar-refractivity contribution >= 4 is 0 Å². The fourth-order valence-corrected chi connectivity index (χ4v) is 1.34. The molecule has 2 aliphatic rings. The van der Waals surface area contributed by atoms with Crippen LogP contribution in [0.1, 0.15) is 25.7 Å². The first-order valence-corrected chi connectivity index (χ1v) is 5.97. The van der Waals surface area contributed by atoms with Gasteiger partial charge in [0.25, 0.3) is 0 Å². The molecule has 0 aromatic rings. The van der Waals surface area contributed by atoms with Gasteiger partial charge in [-0.3, -0.25) is 0 Å². The summed E-state index contributed by atoms with van der Waals surface area (Å²) in [7, 11) is 0. The van der Waals surface area contributed by atoms with Crippen LogP contribution in [0.5, 0.6) is 0 Å². The molecule has 0 nitrogen and oxygen atoms in total. The molecule has 1 heteroatoms. The molecular formula is C16H20Ni. The molecule has 2 rings (SSSR count). The molecule has 0 atom stereocenters. The first-order valence-electron chi connectivity index (χ1n) is 5.97. The van der Waals surface area contributed by atoms with Crippen molar-refractivity contribution in [1.29, 1.82) is 0 Å². The Morgan fingerprint density at radius 2 is 0.588 bits per heavy atom. The van der Waals surface area contributed by atoms with Crippen LogP contribution >= 0.6 is 0 Å². The SMILES string of the molecule is C1=CC=CCCC=C1.C1=CC=CCCC=C1.[Ni]. The zero-order chi connectivity index (χ0) is 11.3. The Morgan fingerprint density at radius 3 is 0.824 bits per heavy atom. The van der Waals surface area contributed by atoms with Crippen LogP contribution in [0.15, 0.2) is 72.9 Å². The summed E-state index contributed by atoms with van der Waals surface area (Å²) in [5.41, 5.74) is 0.